The zero-order valence-electron chi connectivity index (χ0n) is 11.1. The molecule has 18 heavy (non-hydrogen) atoms. The standard InChI is InChI=1S/C12H19NO4S/c1-13-8-7-9-5-6-10(18(4,14)15)12(17-3)11(9)16-2/h5-6,13H,7-8H2,1-4H3. The van der Waals surface area contributed by atoms with Crippen LogP contribution in [0.3, 0.4) is 0 Å². The monoisotopic (exact) mass is 273 g/mol. The van der Waals surface area contributed by atoms with Gasteiger partial charge in [0.15, 0.2) is 21.3 Å². The fourth-order valence-corrected chi connectivity index (χ4v) is 2.58. The van der Waals surface area contributed by atoms with Crippen molar-refractivity contribution in [3.63, 3.8) is 0 Å². The SMILES string of the molecule is CNCCc1ccc(S(C)(=O)=O)c(OC)c1OC. The molecule has 0 radical (unpaired) electrons. The number of likely N-dealkylation sites (N-methyl/N-ethyl adjacent to an activating group) is 1. The number of hydrogen-bond acceptors (Lipinski definition) is 5. The molecule has 1 aromatic rings. The summed E-state index contributed by atoms with van der Waals surface area (Å²) in [6, 6.07) is 3.32. The molecule has 5 nitrogen and oxygen atoms in total. The normalized spacial score (nSPS) is 11.3. The van der Waals surface area contributed by atoms with E-state index in [4.69, 9.17) is 9.47 Å². The van der Waals surface area contributed by atoms with E-state index in [-0.39, 0.29) is 10.6 Å². The molecule has 0 aromatic heterocycles. The summed E-state index contributed by atoms with van der Waals surface area (Å²) >= 11 is 0. The largest absolute Gasteiger partial charge is 0.493 e. The summed E-state index contributed by atoms with van der Waals surface area (Å²) in [5, 5.41) is 3.04. The summed E-state index contributed by atoms with van der Waals surface area (Å²) in [6.45, 7) is 0.776. The summed E-state index contributed by atoms with van der Waals surface area (Å²) < 4.78 is 33.8. The lowest BCUT2D eigenvalue weighted by Crippen LogP contribution is -2.12. The van der Waals surface area contributed by atoms with Crippen LogP contribution in [0, 0.1) is 0 Å². The predicted octanol–water partition coefficient (Wildman–Crippen LogP) is 0.869. The highest BCUT2D eigenvalue weighted by molar-refractivity contribution is 7.90. The molecule has 1 N–H and O–H groups in total. The molecule has 0 bridgehead atoms. The highest BCUT2D eigenvalue weighted by Gasteiger charge is 2.20. The fraction of sp³-hybridized carbons (Fsp3) is 0.500. The van der Waals surface area contributed by atoms with E-state index in [1.165, 1.54) is 14.2 Å². The minimum Gasteiger partial charge on any atom is -0.493 e. The van der Waals surface area contributed by atoms with E-state index >= 15 is 0 Å². The Hall–Kier alpha value is -1.27. The number of sulfone groups is 1. The number of methoxy groups -OCH3 is 2. The first-order chi connectivity index (χ1) is 8.45. The third-order valence-corrected chi connectivity index (χ3v) is 3.73. The Morgan fingerprint density at radius 2 is 1.78 bits per heavy atom. The van der Waals surface area contributed by atoms with Gasteiger partial charge in [-0.2, -0.15) is 0 Å². The van der Waals surface area contributed by atoms with Crippen molar-refractivity contribution in [2.75, 3.05) is 34.1 Å². The molecule has 6 heteroatoms. The van der Waals surface area contributed by atoms with Gasteiger partial charge in [-0.1, -0.05) is 6.07 Å². The number of hydrogen-bond donors (Lipinski definition) is 1. The molecule has 0 aliphatic rings. The topological polar surface area (TPSA) is 64.6 Å². The maximum Gasteiger partial charge on any atom is 0.179 e. The van der Waals surface area contributed by atoms with Gasteiger partial charge in [-0.25, -0.2) is 8.42 Å². The number of benzene rings is 1. The first-order valence-electron chi connectivity index (χ1n) is 5.54. The zero-order chi connectivity index (χ0) is 13.8. The van der Waals surface area contributed by atoms with Crippen molar-refractivity contribution in [2.24, 2.45) is 0 Å². The Bertz CT molecular complexity index is 511. The average molecular weight is 273 g/mol. The van der Waals surface area contributed by atoms with Crippen LogP contribution in [-0.2, 0) is 16.3 Å². The summed E-state index contributed by atoms with van der Waals surface area (Å²) in [7, 11) is 1.47. The zero-order valence-corrected chi connectivity index (χ0v) is 11.9. The van der Waals surface area contributed by atoms with Gasteiger partial charge >= 0.3 is 0 Å². The molecule has 0 aliphatic carbocycles. The van der Waals surface area contributed by atoms with Crippen molar-refractivity contribution in [3.05, 3.63) is 17.7 Å². The first kappa shape index (κ1) is 14.8. The second-order valence-corrected chi connectivity index (χ2v) is 5.90. The number of ether oxygens (including phenoxy) is 2. The molecule has 0 amide bonds. The van der Waals surface area contributed by atoms with Gasteiger partial charge in [-0.3, -0.25) is 0 Å². The van der Waals surface area contributed by atoms with Gasteiger partial charge in [0, 0.05) is 6.26 Å². The van der Waals surface area contributed by atoms with Gasteiger partial charge in [0.1, 0.15) is 4.90 Å². The van der Waals surface area contributed by atoms with E-state index in [1.807, 2.05) is 7.05 Å². The lowest BCUT2D eigenvalue weighted by molar-refractivity contribution is 0.343. The molecule has 0 spiro atoms. The van der Waals surface area contributed by atoms with Crippen LogP contribution < -0.4 is 14.8 Å². The lowest BCUT2D eigenvalue weighted by Gasteiger charge is -2.15. The highest BCUT2D eigenvalue weighted by atomic mass is 32.2. The Morgan fingerprint density at radius 1 is 1.17 bits per heavy atom. The van der Waals surface area contributed by atoms with E-state index in [2.05, 4.69) is 5.32 Å². The van der Waals surface area contributed by atoms with E-state index < -0.39 is 9.84 Å². The summed E-state index contributed by atoms with van der Waals surface area (Å²) in [4.78, 5) is 0.148. The fourth-order valence-electron chi connectivity index (χ4n) is 1.75. The van der Waals surface area contributed by atoms with Crippen molar-refractivity contribution < 1.29 is 17.9 Å². The van der Waals surface area contributed by atoms with Gasteiger partial charge in [0.05, 0.1) is 14.2 Å². The molecule has 0 saturated carbocycles. The van der Waals surface area contributed by atoms with E-state index in [1.54, 1.807) is 12.1 Å². The quantitative estimate of drug-likeness (QED) is 0.833. The van der Waals surface area contributed by atoms with E-state index in [9.17, 15) is 8.42 Å². The molecule has 0 heterocycles. The second kappa shape index (κ2) is 6.06. The second-order valence-electron chi connectivity index (χ2n) is 3.92. The lowest BCUT2D eigenvalue weighted by atomic mass is 10.1. The average Bonchev–Trinajstić information content (AvgIpc) is 2.33. The molecule has 0 aliphatic heterocycles. The van der Waals surface area contributed by atoms with Crippen LogP contribution >= 0.6 is 0 Å². The summed E-state index contributed by atoms with van der Waals surface area (Å²) in [5.41, 5.74) is 0.913. The minimum absolute atomic E-state index is 0.148. The van der Waals surface area contributed by atoms with Crippen LogP contribution in [-0.4, -0.2) is 42.5 Å². The van der Waals surface area contributed by atoms with Crippen LogP contribution in [0.4, 0.5) is 0 Å². The Labute approximate surface area is 108 Å². The minimum atomic E-state index is -3.34. The third-order valence-electron chi connectivity index (χ3n) is 2.61. The van der Waals surface area contributed by atoms with Gasteiger partial charge in [-0.15, -0.1) is 0 Å². The number of nitrogens with one attached hydrogen (secondary N) is 1. The molecule has 0 atom stereocenters. The van der Waals surface area contributed by atoms with Crippen LogP contribution in [0.1, 0.15) is 5.56 Å². The van der Waals surface area contributed by atoms with Gasteiger partial charge in [0.25, 0.3) is 0 Å². The van der Waals surface area contributed by atoms with Gasteiger partial charge < -0.3 is 14.8 Å². The Morgan fingerprint density at radius 3 is 2.22 bits per heavy atom. The van der Waals surface area contributed by atoms with Gasteiger partial charge in [0.2, 0.25) is 0 Å². The van der Waals surface area contributed by atoms with Crippen LogP contribution in [0.5, 0.6) is 11.5 Å². The van der Waals surface area contributed by atoms with Gasteiger partial charge in [-0.05, 0) is 31.6 Å². The number of rotatable bonds is 6. The molecule has 102 valence electrons. The first-order valence-corrected chi connectivity index (χ1v) is 7.43. The highest BCUT2D eigenvalue weighted by Crippen LogP contribution is 2.37. The molecule has 1 aromatic carbocycles. The van der Waals surface area contributed by atoms with Crippen molar-refractivity contribution in [3.8, 4) is 11.5 Å². The molecule has 1 rings (SSSR count). The van der Waals surface area contributed by atoms with Crippen molar-refractivity contribution in [2.45, 2.75) is 11.3 Å². The molecule has 0 fully saturated rings. The molecule has 0 saturated heterocycles. The van der Waals surface area contributed by atoms with Crippen molar-refractivity contribution in [1.82, 2.24) is 5.32 Å². The maximum atomic E-state index is 11.7. The van der Waals surface area contributed by atoms with Crippen molar-refractivity contribution in [1.29, 1.82) is 0 Å². The molecular formula is C12H19NO4S. The maximum absolute atomic E-state index is 11.7. The Balaban J connectivity index is 3.36. The predicted molar refractivity (Wildman–Crippen MR) is 70.3 cm³/mol. The summed E-state index contributed by atoms with van der Waals surface area (Å²) in [6.07, 6.45) is 1.89. The molecule has 0 unspecified atom stereocenters. The summed E-state index contributed by atoms with van der Waals surface area (Å²) in [5.74, 6) is 0.754. The smallest absolute Gasteiger partial charge is 0.179 e. The Kier molecular flexibility index (Phi) is 4.98. The van der Waals surface area contributed by atoms with Crippen molar-refractivity contribution >= 4 is 9.84 Å². The van der Waals surface area contributed by atoms with E-state index in [0.717, 1.165) is 24.8 Å². The third kappa shape index (κ3) is 3.14. The van der Waals surface area contributed by atoms with Crippen LogP contribution in [0.2, 0.25) is 0 Å². The van der Waals surface area contributed by atoms with Crippen LogP contribution in [0.25, 0.3) is 0 Å². The molecular weight excluding hydrogens is 254 g/mol. The van der Waals surface area contributed by atoms with E-state index in [0.29, 0.717) is 5.75 Å². The van der Waals surface area contributed by atoms with Crippen LogP contribution in [0.15, 0.2) is 17.0 Å².